The summed E-state index contributed by atoms with van der Waals surface area (Å²) in [6.45, 7) is 11.6. The molecule has 0 aromatic rings. The van der Waals surface area contributed by atoms with E-state index >= 15 is 0 Å². The van der Waals surface area contributed by atoms with Crippen LogP contribution in [-0.4, -0.2) is 104 Å². The molecule has 3 heterocycles. The van der Waals surface area contributed by atoms with Crippen molar-refractivity contribution in [2.75, 3.05) is 59.5 Å². The first-order valence-electron chi connectivity index (χ1n) is 11.6. The average molecular weight is 565 g/mol. The van der Waals surface area contributed by atoms with Crippen molar-refractivity contribution in [3.63, 3.8) is 0 Å². The normalized spacial score (nSPS) is 23.1. The van der Waals surface area contributed by atoms with Crippen LogP contribution in [0.2, 0.25) is 0 Å². The van der Waals surface area contributed by atoms with E-state index in [-0.39, 0.29) is 42.1 Å². The highest BCUT2D eigenvalue weighted by atomic mass is 127. The Bertz CT molecular complexity index is 647. The molecular weight excluding hydrogens is 525 g/mol. The molecule has 3 rings (SSSR count). The van der Waals surface area contributed by atoms with E-state index in [4.69, 9.17) is 9.47 Å². The fraction of sp³-hybridized carbons (Fsp3) is 0.864. The topological polar surface area (TPSA) is 86.7 Å². The lowest BCUT2D eigenvalue weighted by atomic mass is 9.97. The van der Waals surface area contributed by atoms with E-state index in [1.807, 2.05) is 25.7 Å². The minimum Gasteiger partial charge on any atom is -0.444 e. The van der Waals surface area contributed by atoms with Gasteiger partial charge in [0, 0.05) is 59.5 Å². The zero-order chi connectivity index (χ0) is 22.4. The summed E-state index contributed by atoms with van der Waals surface area (Å²) in [7, 11) is 1.80. The van der Waals surface area contributed by atoms with E-state index in [0.717, 1.165) is 64.4 Å². The van der Waals surface area contributed by atoms with E-state index in [2.05, 4.69) is 15.2 Å². The third-order valence-corrected chi connectivity index (χ3v) is 6.12. The summed E-state index contributed by atoms with van der Waals surface area (Å²) in [4.78, 5) is 35.1. The smallest absolute Gasteiger partial charge is 0.410 e. The first-order valence-corrected chi connectivity index (χ1v) is 11.6. The first kappa shape index (κ1) is 26.9. The van der Waals surface area contributed by atoms with Crippen molar-refractivity contribution in [1.29, 1.82) is 0 Å². The van der Waals surface area contributed by atoms with Crippen LogP contribution in [0.25, 0.3) is 0 Å². The molecule has 2 amide bonds. The fourth-order valence-corrected chi connectivity index (χ4v) is 4.33. The minimum atomic E-state index is -0.458. The van der Waals surface area contributed by atoms with Crippen molar-refractivity contribution < 1.29 is 19.1 Å². The Morgan fingerprint density at radius 3 is 2.16 bits per heavy atom. The van der Waals surface area contributed by atoms with Crippen molar-refractivity contribution in [3.05, 3.63) is 0 Å². The average Bonchev–Trinajstić information content (AvgIpc) is 3.28. The SMILES string of the molecule is CN=C(NCC1CCN(C(=O)OC(C)(C)C)CC1)N1CCN(C(=O)C2CCCO2)CC1.I. The van der Waals surface area contributed by atoms with E-state index < -0.39 is 5.60 Å². The molecule has 3 aliphatic heterocycles. The number of hydrogen-bond acceptors (Lipinski definition) is 5. The van der Waals surface area contributed by atoms with Gasteiger partial charge in [-0.2, -0.15) is 0 Å². The van der Waals surface area contributed by atoms with E-state index in [1.165, 1.54) is 0 Å². The highest BCUT2D eigenvalue weighted by Gasteiger charge is 2.31. The van der Waals surface area contributed by atoms with Gasteiger partial charge in [0.15, 0.2) is 5.96 Å². The third-order valence-electron chi connectivity index (χ3n) is 6.12. The highest BCUT2D eigenvalue weighted by molar-refractivity contribution is 14.0. The number of aliphatic imine (C=N–C) groups is 1. The predicted octanol–water partition coefficient (Wildman–Crippen LogP) is 2.15. The molecule has 0 aromatic heterocycles. The molecule has 1 N–H and O–H groups in total. The van der Waals surface area contributed by atoms with Crippen LogP contribution in [0.15, 0.2) is 4.99 Å². The second kappa shape index (κ2) is 12.2. The van der Waals surface area contributed by atoms with Gasteiger partial charge in [-0.15, -0.1) is 24.0 Å². The fourth-order valence-electron chi connectivity index (χ4n) is 4.33. The molecule has 1 atom stereocenters. The number of guanidine groups is 1. The minimum absolute atomic E-state index is 0. The van der Waals surface area contributed by atoms with Crippen LogP contribution in [0.4, 0.5) is 4.79 Å². The second-order valence-electron chi connectivity index (χ2n) is 9.65. The largest absolute Gasteiger partial charge is 0.444 e. The molecule has 9 nitrogen and oxygen atoms in total. The number of nitrogens with one attached hydrogen (secondary N) is 1. The molecule has 184 valence electrons. The number of piperidine rings is 1. The van der Waals surface area contributed by atoms with Crippen LogP contribution < -0.4 is 5.32 Å². The van der Waals surface area contributed by atoms with Crippen LogP contribution in [0, 0.1) is 5.92 Å². The highest BCUT2D eigenvalue weighted by Crippen LogP contribution is 2.20. The first-order chi connectivity index (χ1) is 14.8. The Labute approximate surface area is 209 Å². The molecule has 0 aromatic carbocycles. The summed E-state index contributed by atoms with van der Waals surface area (Å²) in [5.74, 6) is 1.52. The quantitative estimate of drug-likeness (QED) is 0.321. The maximum absolute atomic E-state index is 12.5. The molecule has 0 spiro atoms. The molecule has 10 heteroatoms. The zero-order valence-electron chi connectivity index (χ0n) is 20.0. The van der Waals surface area contributed by atoms with Crippen LogP contribution in [-0.2, 0) is 14.3 Å². The number of piperazine rings is 1. The van der Waals surface area contributed by atoms with Crippen LogP contribution in [0.5, 0.6) is 0 Å². The van der Waals surface area contributed by atoms with Crippen LogP contribution in [0.1, 0.15) is 46.5 Å². The maximum atomic E-state index is 12.5. The number of carbonyl (C=O) groups excluding carboxylic acids is 2. The van der Waals surface area contributed by atoms with Crippen molar-refractivity contribution in [2.45, 2.75) is 58.2 Å². The number of likely N-dealkylation sites (tertiary alicyclic amines) is 1. The van der Waals surface area contributed by atoms with Crippen molar-refractivity contribution >= 4 is 41.9 Å². The summed E-state index contributed by atoms with van der Waals surface area (Å²) < 4.78 is 11.0. The Kier molecular flexibility index (Phi) is 10.3. The molecule has 32 heavy (non-hydrogen) atoms. The van der Waals surface area contributed by atoms with E-state index in [1.54, 1.807) is 11.9 Å². The second-order valence-corrected chi connectivity index (χ2v) is 9.65. The van der Waals surface area contributed by atoms with Gasteiger partial charge in [-0.05, 0) is 52.4 Å². The molecule has 0 aliphatic carbocycles. The lowest BCUT2D eigenvalue weighted by Crippen LogP contribution is -2.55. The van der Waals surface area contributed by atoms with Crippen molar-refractivity contribution in [1.82, 2.24) is 20.0 Å². The Hall–Kier alpha value is -1.30. The van der Waals surface area contributed by atoms with E-state index in [0.29, 0.717) is 25.6 Å². The van der Waals surface area contributed by atoms with Gasteiger partial charge < -0.3 is 29.5 Å². The summed E-state index contributed by atoms with van der Waals surface area (Å²) in [6.07, 6.45) is 3.26. The molecular formula is C22H40IN5O4. The van der Waals surface area contributed by atoms with Crippen LogP contribution in [0.3, 0.4) is 0 Å². The monoisotopic (exact) mass is 565 g/mol. The van der Waals surface area contributed by atoms with Gasteiger partial charge in [0.2, 0.25) is 0 Å². The standard InChI is InChI=1S/C22H39N5O4.HI/c1-22(2,3)31-21(29)27-9-7-17(8-10-27)16-24-20(23-4)26-13-11-25(12-14-26)19(28)18-6-5-15-30-18;/h17-18H,5-16H2,1-4H3,(H,23,24);1H. The summed E-state index contributed by atoms with van der Waals surface area (Å²) >= 11 is 0. The van der Waals surface area contributed by atoms with Gasteiger partial charge in [-0.3, -0.25) is 9.79 Å². The number of rotatable bonds is 3. The number of ether oxygens (including phenoxy) is 2. The van der Waals surface area contributed by atoms with E-state index in [9.17, 15) is 9.59 Å². The molecule has 3 saturated heterocycles. The van der Waals surface area contributed by atoms with Gasteiger partial charge in [-0.1, -0.05) is 0 Å². The Morgan fingerprint density at radius 2 is 1.62 bits per heavy atom. The lowest BCUT2D eigenvalue weighted by Gasteiger charge is -2.38. The molecule has 0 saturated carbocycles. The summed E-state index contributed by atoms with van der Waals surface area (Å²) in [5, 5.41) is 3.50. The van der Waals surface area contributed by atoms with Gasteiger partial charge in [0.05, 0.1) is 0 Å². The zero-order valence-corrected chi connectivity index (χ0v) is 22.3. The number of carbonyl (C=O) groups is 2. The summed E-state index contributed by atoms with van der Waals surface area (Å²) in [6, 6.07) is 0. The Balaban J connectivity index is 0.00000363. The predicted molar refractivity (Wildman–Crippen MR) is 134 cm³/mol. The third kappa shape index (κ3) is 7.64. The van der Waals surface area contributed by atoms with Gasteiger partial charge in [-0.25, -0.2) is 4.79 Å². The molecule has 0 bridgehead atoms. The number of nitrogens with zero attached hydrogens (tertiary/aromatic N) is 4. The van der Waals surface area contributed by atoms with Gasteiger partial charge in [0.1, 0.15) is 11.7 Å². The number of hydrogen-bond donors (Lipinski definition) is 1. The molecule has 3 fully saturated rings. The Morgan fingerprint density at radius 1 is 1.00 bits per heavy atom. The number of halogens is 1. The number of amides is 2. The van der Waals surface area contributed by atoms with Crippen molar-refractivity contribution in [3.8, 4) is 0 Å². The van der Waals surface area contributed by atoms with Crippen molar-refractivity contribution in [2.24, 2.45) is 10.9 Å². The summed E-state index contributed by atoms with van der Waals surface area (Å²) in [5.41, 5.74) is -0.458. The molecule has 0 radical (unpaired) electrons. The molecule has 1 unspecified atom stereocenters. The molecule has 3 aliphatic rings. The van der Waals surface area contributed by atoms with Crippen LogP contribution >= 0.6 is 24.0 Å². The van der Waals surface area contributed by atoms with Gasteiger partial charge >= 0.3 is 6.09 Å². The maximum Gasteiger partial charge on any atom is 0.410 e. The lowest BCUT2D eigenvalue weighted by molar-refractivity contribution is -0.142. The van der Waals surface area contributed by atoms with Gasteiger partial charge in [0.25, 0.3) is 5.91 Å².